The highest BCUT2D eigenvalue weighted by Crippen LogP contribution is 2.82. The topological polar surface area (TPSA) is 0 Å². The van der Waals surface area contributed by atoms with Gasteiger partial charge in [0.25, 0.3) is 0 Å². The molecule has 0 aromatic carbocycles. The molecule has 0 aromatic heterocycles. The molecule has 0 nitrogen and oxygen atoms in total. The molecule has 33 heavy (non-hydrogen) atoms. The first-order valence-electron chi connectivity index (χ1n) is 11.9. The van der Waals surface area contributed by atoms with Gasteiger partial charge < -0.3 is 0 Å². The summed E-state index contributed by atoms with van der Waals surface area (Å²) in [5.74, 6) is 0. The molecule has 2 aliphatic rings. The van der Waals surface area contributed by atoms with Gasteiger partial charge >= 0.3 is 0 Å². The lowest BCUT2D eigenvalue weighted by atomic mass is 10.0. The maximum Gasteiger partial charge on any atom is 0.00991 e. The summed E-state index contributed by atoms with van der Waals surface area (Å²) in [5.41, 5.74) is 5.29. The van der Waals surface area contributed by atoms with Crippen LogP contribution in [0.15, 0.2) is 139 Å². The smallest absolute Gasteiger partial charge is 0.00991 e. The summed E-state index contributed by atoms with van der Waals surface area (Å²) in [4.78, 5) is 5.64. The molecule has 0 amide bonds. The average Bonchev–Trinajstić information content (AvgIpc) is 3.18. The van der Waals surface area contributed by atoms with E-state index in [9.17, 15) is 0 Å². The Labute approximate surface area is 204 Å². The monoisotopic (exact) mass is 456 g/mol. The fourth-order valence-electron chi connectivity index (χ4n) is 4.63. The second-order valence-corrected chi connectivity index (χ2v) is 10.7. The Kier molecular flexibility index (Phi) is 10.0. The third-order valence-corrected chi connectivity index (χ3v) is 9.63. The van der Waals surface area contributed by atoms with E-state index >= 15 is 0 Å². The van der Waals surface area contributed by atoms with Crippen molar-refractivity contribution < 1.29 is 0 Å². The lowest BCUT2D eigenvalue weighted by Gasteiger charge is -2.40. The Hall–Kier alpha value is -2.77. The Morgan fingerprint density at radius 3 is 0.636 bits per heavy atom. The van der Waals surface area contributed by atoms with Gasteiger partial charge in [0.15, 0.2) is 0 Å². The van der Waals surface area contributed by atoms with Crippen molar-refractivity contribution in [3.05, 3.63) is 139 Å². The first-order chi connectivity index (χ1) is 16.1. The zero-order chi connectivity index (χ0) is 24.4. The van der Waals surface area contributed by atoms with E-state index in [-0.39, 0.29) is 0 Å². The van der Waals surface area contributed by atoms with Crippen molar-refractivity contribution in [3.63, 3.8) is 0 Å². The molecule has 2 rings (SSSR count). The third-order valence-electron chi connectivity index (χ3n) is 5.57. The average molecular weight is 457 g/mol. The summed E-state index contributed by atoms with van der Waals surface area (Å²) in [6.07, 6.45) is 36.0. The van der Waals surface area contributed by atoms with Gasteiger partial charge in [-0.05, 0) is 77.7 Å². The van der Waals surface area contributed by atoms with Crippen LogP contribution in [0.5, 0.6) is 0 Å². The molecule has 0 bridgehead atoms. The molecule has 0 fully saturated rings. The van der Waals surface area contributed by atoms with E-state index in [4.69, 9.17) is 0 Å². The molecule has 0 N–H and O–H groups in total. The highest BCUT2D eigenvalue weighted by Gasteiger charge is 2.48. The Morgan fingerprint density at radius 1 is 0.303 bits per heavy atom. The van der Waals surface area contributed by atoms with Crippen LogP contribution < -0.4 is 0 Å². The predicted octanol–water partition coefficient (Wildman–Crippen LogP) is 10.4. The van der Waals surface area contributed by atoms with Crippen molar-refractivity contribution in [2.24, 2.45) is 0 Å². The van der Waals surface area contributed by atoms with E-state index in [1.165, 1.54) is 41.9 Å². The molecule has 2 aliphatic heterocycles. The molecule has 0 atom stereocenters. The normalized spacial score (nSPS) is 21.1. The van der Waals surface area contributed by atoms with E-state index in [0.29, 0.717) is 0 Å². The van der Waals surface area contributed by atoms with Crippen LogP contribution in [0.4, 0.5) is 0 Å². The van der Waals surface area contributed by atoms with E-state index in [1.807, 2.05) is 0 Å². The van der Waals surface area contributed by atoms with Gasteiger partial charge in [0.2, 0.25) is 0 Å². The van der Waals surface area contributed by atoms with E-state index in [0.717, 1.165) is 0 Å². The molecule has 2 heterocycles. The summed E-state index contributed by atoms with van der Waals surface area (Å²) in [5, 5.41) is 0. The lowest BCUT2D eigenvalue weighted by Crippen LogP contribution is -2.04. The van der Waals surface area contributed by atoms with Crippen LogP contribution in [-0.2, 0) is 0 Å². The molecular weight excluding hydrogens is 416 g/mol. The van der Waals surface area contributed by atoms with Crippen LogP contribution in [0.3, 0.4) is 0 Å². The maximum absolute atomic E-state index is 2.35. The van der Waals surface area contributed by atoms with Gasteiger partial charge in [-0.25, -0.2) is 0 Å². The van der Waals surface area contributed by atoms with Gasteiger partial charge in [0.05, 0.1) is 0 Å². The minimum absolute atomic E-state index is 1.32. The van der Waals surface area contributed by atoms with Gasteiger partial charge in [-0.2, -0.15) is 0 Å². The number of rotatable bonds is 8. The van der Waals surface area contributed by atoms with Crippen LogP contribution >= 0.6 is 10.0 Å². The number of hydrogen-bond acceptors (Lipinski definition) is 0. The van der Waals surface area contributed by atoms with Crippen LogP contribution in [0, 0.1) is 0 Å². The number of allylic oxidation sites excluding steroid dienone is 20. The Bertz CT molecular complexity index is 927. The van der Waals surface area contributed by atoms with Gasteiger partial charge in [-0.1, -0.05) is 97.2 Å². The lowest BCUT2D eigenvalue weighted by molar-refractivity contribution is 1.50. The van der Waals surface area contributed by atoms with Crippen molar-refractivity contribution in [2.45, 2.75) is 55.4 Å². The summed E-state index contributed by atoms with van der Waals surface area (Å²) in [6.45, 7) is 17.0. The maximum atomic E-state index is 2.35. The van der Waals surface area contributed by atoms with Gasteiger partial charge in [0, 0.05) is 19.6 Å². The second kappa shape index (κ2) is 12.5. The summed E-state index contributed by atoms with van der Waals surface area (Å²) < 4.78 is 0. The first kappa shape index (κ1) is 26.5. The van der Waals surface area contributed by atoms with Crippen molar-refractivity contribution in [2.75, 3.05) is 0 Å². The van der Waals surface area contributed by atoms with Crippen molar-refractivity contribution in [3.8, 4) is 0 Å². The van der Waals surface area contributed by atoms with E-state index in [2.05, 4.69) is 153 Å². The predicted molar refractivity (Wildman–Crippen MR) is 154 cm³/mol. The van der Waals surface area contributed by atoms with Crippen LogP contribution in [-0.4, -0.2) is 0 Å². The largest absolute Gasteiger partial charge is 0.130 e. The number of hydrogen-bond donors (Lipinski definition) is 0. The molecule has 0 saturated heterocycles. The zero-order valence-electron chi connectivity index (χ0n) is 21.6. The van der Waals surface area contributed by atoms with Gasteiger partial charge in [-0.15, -0.1) is 10.0 Å². The molecule has 1 heteroatoms. The fourth-order valence-corrected chi connectivity index (χ4v) is 9.44. The Balaban J connectivity index is 3.37. The molecule has 1 spiro atoms. The quantitative estimate of drug-likeness (QED) is 0.341. The van der Waals surface area contributed by atoms with Crippen molar-refractivity contribution in [1.82, 2.24) is 0 Å². The zero-order valence-corrected chi connectivity index (χ0v) is 22.5. The van der Waals surface area contributed by atoms with Crippen molar-refractivity contribution >= 4 is 10.0 Å². The van der Waals surface area contributed by atoms with Crippen LogP contribution in [0.25, 0.3) is 0 Å². The third kappa shape index (κ3) is 4.52. The standard InChI is InChI=1S/C32H40S/c1-9-17-25-26(18-10-2)30(22-14-6)33(29(25)21-13-5)31(23-15-7)27(19-11-3)28(20-12-4)32(33)24-16-8/h9-24H,1-8H3/b17-9-,18-10-,19-11-,20-12-,21-13-,22-14-,23-15-,24-16-. The molecule has 0 aromatic rings. The minimum Gasteiger partial charge on any atom is -0.130 e. The molecule has 0 aliphatic carbocycles. The van der Waals surface area contributed by atoms with E-state index < -0.39 is 10.0 Å². The molecule has 174 valence electrons. The first-order valence-corrected chi connectivity index (χ1v) is 13.5. The highest BCUT2D eigenvalue weighted by atomic mass is 32.3. The fraction of sp³-hybridized carbons (Fsp3) is 0.250. The molecule has 0 unspecified atom stereocenters. The molecular formula is C32H40S. The summed E-state index contributed by atoms with van der Waals surface area (Å²) in [6, 6.07) is 0. The SMILES string of the molecule is C/C=C\C1=C(/C=C\C)S2(C(/C=C\C)=C1/C=C\C)C(/C=C\C)=C(/C=C\C)C(/C=C\C)=C2/C=C\C. The Morgan fingerprint density at radius 2 is 0.485 bits per heavy atom. The summed E-state index contributed by atoms with van der Waals surface area (Å²) in [7, 11) is -1.66. The van der Waals surface area contributed by atoms with Crippen LogP contribution in [0.2, 0.25) is 0 Å². The van der Waals surface area contributed by atoms with Gasteiger partial charge in [-0.3, -0.25) is 0 Å². The molecule has 0 radical (unpaired) electrons. The van der Waals surface area contributed by atoms with Crippen LogP contribution in [0.1, 0.15) is 55.4 Å². The van der Waals surface area contributed by atoms with E-state index in [1.54, 1.807) is 0 Å². The van der Waals surface area contributed by atoms with Crippen molar-refractivity contribution in [1.29, 1.82) is 0 Å². The summed E-state index contributed by atoms with van der Waals surface area (Å²) >= 11 is 0. The minimum atomic E-state index is -1.66. The highest BCUT2D eigenvalue weighted by molar-refractivity contribution is 8.46. The van der Waals surface area contributed by atoms with Gasteiger partial charge in [0.1, 0.15) is 0 Å². The second-order valence-electron chi connectivity index (χ2n) is 7.72. The molecule has 0 saturated carbocycles.